The molecule has 2 aromatic carbocycles. The van der Waals surface area contributed by atoms with E-state index in [0.717, 1.165) is 35.4 Å². The van der Waals surface area contributed by atoms with Crippen molar-refractivity contribution in [1.82, 2.24) is 19.5 Å². The highest BCUT2D eigenvalue weighted by Crippen LogP contribution is 2.21. The van der Waals surface area contributed by atoms with E-state index in [4.69, 9.17) is 10.5 Å². The van der Waals surface area contributed by atoms with Gasteiger partial charge < -0.3 is 25.7 Å². The van der Waals surface area contributed by atoms with Crippen LogP contribution in [0.1, 0.15) is 11.1 Å². The molecule has 0 saturated carbocycles. The first kappa shape index (κ1) is 20.6. The number of nitrogens with zero attached hydrogens (tertiary/aromatic N) is 4. The fraction of sp³-hybridized carbons (Fsp3) is 0.261. The molecule has 0 unspecified atom stereocenters. The summed E-state index contributed by atoms with van der Waals surface area (Å²) in [5.41, 5.74) is 9.65. The summed E-state index contributed by atoms with van der Waals surface area (Å²) in [4.78, 5) is 13.9. The van der Waals surface area contributed by atoms with Crippen LogP contribution in [0.15, 0.2) is 60.9 Å². The molecule has 0 fully saturated rings. The molecule has 4 N–H and O–H groups in total. The molecule has 160 valence electrons. The molecule has 4 aromatic rings. The van der Waals surface area contributed by atoms with Gasteiger partial charge in [-0.05, 0) is 29.7 Å². The van der Waals surface area contributed by atoms with Gasteiger partial charge in [0.1, 0.15) is 5.75 Å². The van der Waals surface area contributed by atoms with E-state index in [1.165, 1.54) is 5.56 Å². The highest BCUT2D eigenvalue weighted by molar-refractivity contribution is 5.84. The number of fused-ring (bicyclic) bond motifs is 1. The van der Waals surface area contributed by atoms with Gasteiger partial charge in [0.2, 0.25) is 5.95 Å². The summed E-state index contributed by atoms with van der Waals surface area (Å²) >= 11 is 0. The Kier molecular flexibility index (Phi) is 6.59. The summed E-state index contributed by atoms with van der Waals surface area (Å²) in [6, 6.07) is 18.3. The molecule has 4 rings (SSSR count). The summed E-state index contributed by atoms with van der Waals surface area (Å²) in [5, 5.41) is 6.75. The maximum Gasteiger partial charge on any atom is 0.227 e. The van der Waals surface area contributed by atoms with Crippen molar-refractivity contribution in [2.24, 2.45) is 5.73 Å². The standard InChI is InChI=1S/C23H27N7O/c1-31-19-9-7-18(8-10-19)15-26-23-28-21(25-13-11-17-5-3-2-4-6-17)20-22(29-23)30(14-12-24)16-27-20/h2-10,16H,11-15,24H2,1H3,(H2,25,26,28,29). The van der Waals surface area contributed by atoms with Gasteiger partial charge in [0.15, 0.2) is 17.0 Å². The van der Waals surface area contributed by atoms with Gasteiger partial charge in [0, 0.05) is 26.2 Å². The fourth-order valence-electron chi connectivity index (χ4n) is 3.34. The first-order chi connectivity index (χ1) is 15.3. The van der Waals surface area contributed by atoms with E-state index >= 15 is 0 Å². The first-order valence-corrected chi connectivity index (χ1v) is 10.3. The number of hydrogen-bond acceptors (Lipinski definition) is 7. The molecule has 0 spiro atoms. The number of ether oxygens (including phenoxy) is 1. The molecule has 0 aliphatic carbocycles. The topological polar surface area (TPSA) is 103 Å². The number of rotatable bonds is 10. The van der Waals surface area contributed by atoms with Gasteiger partial charge in [-0.3, -0.25) is 0 Å². The smallest absolute Gasteiger partial charge is 0.227 e. The molecular weight excluding hydrogens is 390 g/mol. The zero-order chi connectivity index (χ0) is 21.5. The molecule has 0 aliphatic heterocycles. The summed E-state index contributed by atoms with van der Waals surface area (Å²) in [5.74, 6) is 2.09. The lowest BCUT2D eigenvalue weighted by Crippen LogP contribution is -2.12. The fourth-order valence-corrected chi connectivity index (χ4v) is 3.34. The van der Waals surface area contributed by atoms with E-state index in [9.17, 15) is 0 Å². The molecule has 0 amide bonds. The van der Waals surface area contributed by atoms with Crippen LogP contribution in [0.2, 0.25) is 0 Å². The van der Waals surface area contributed by atoms with E-state index in [1.807, 2.05) is 47.0 Å². The van der Waals surface area contributed by atoms with E-state index < -0.39 is 0 Å². The lowest BCUT2D eigenvalue weighted by Gasteiger charge is -2.11. The molecule has 8 nitrogen and oxygen atoms in total. The van der Waals surface area contributed by atoms with Crippen molar-refractivity contribution in [3.8, 4) is 5.75 Å². The Bertz CT molecular complexity index is 1110. The number of hydrogen-bond donors (Lipinski definition) is 3. The molecule has 0 bridgehead atoms. The maximum atomic E-state index is 5.76. The number of benzene rings is 2. The average molecular weight is 418 g/mol. The third-order valence-corrected chi connectivity index (χ3v) is 4.99. The second-order valence-electron chi connectivity index (χ2n) is 7.16. The van der Waals surface area contributed by atoms with Gasteiger partial charge in [-0.25, -0.2) is 4.98 Å². The normalized spacial score (nSPS) is 10.9. The third kappa shape index (κ3) is 5.10. The van der Waals surface area contributed by atoms with Crippen molar-refractivity contribution in [3.05, 3.63) is 72.1 Å². The van der Waals surface area contributed by atoms with Crippen molar-refractivity contribution in [2.45, 2.75) is 19.5 Å². The highest BCUT2D eigenvalue weighted by Gasteiger charge is 2.13. The SMILES string of the molecule is COc1ccc(CNc2nc(NCCc3ccccc3)c3ncn(CCN)c3n2)cc1. The molecule has 8 heteroatoms. The molecule has 2 heterocycles. The second-order valence-corrected chi connectivity index (χ2v) is 7.16. The zero-order valence-corrected chi connectivity index (χ0v) is 17.6. The summed E-state index contributed by atoms with van der Waals surface area (Å²) in [6.07, 6.45) is 2.66. The average Bonchev–Trinajstić information content (AvgIpc) is 3.22. The van der Waals surface area contributed by atoms with E-state index in [-0.39, 0.29) is 0 Å². The largest absolute Gasteiger partial charge is 0.497 e. The summed E-state index contributed by atoms with van der Waals surface area (Å²) in [6.45, 7) is 2.51. The van der Waals surface area contributed by atoms with Crippen LogP contribution in [0, 0.1) is 0 Å². The quantitative estimate of drug-likeness (QED) is 0.364. The Balaban J connectivity index is 1.53. The maximum absolute atomic E-state index is 5.76. The number of methoxy groups -OCH3 is 1. The molecule has 0 saturated heterocycles. The first-order valence-electron chi connectivity index (χ1n) is 10.3. The van der Waals surface area contributed by atoms with Crippen LogP contribution < -0.4 is 21.1 Å². The molecular formula is C23H27N7O. The van der Waals surface area contributed by atoms with E-state index in [1.54, 1.807) is 13.4 Å². The molecule has 31 heavy (non-hydrogen) atoms. The van der Waals surface area contributed by atoms with E-state index in [0.29, 0.717) is 31.4 Å². The van der Waals surface area contributed by atoms with Gasteiger partial charge in [0.05, 0.1) is 13.4 Å². The molecule has 0 atom stereocenters. The van der Waals surface area contributed by atoms with Crippen LogP contribution in [0.25, 0.3) is 11.2 Å². The van der Waals surface area contributed by atoms with Crippen molar-refractivity contribution >= 4 is 22.9 Å². The third-order valence-electron chi connectivity index (χ3n) is 4.99. The van der Waals surface area contributed by atoms with E-state index in [2.05, 4.69) is 37.7 Å². The van der Waals surface area contributed by atoms with Crippen molar-refractivity contribution in [1.29, 1.82) is 0 Å². The lowest BCUT2D eigenvalue weighted by atomic mass is 10.1. The van der Waals surface area contributed by atoms with Gasteiger partial charge in [-0.15, -0.1) is 0 Å². The number of nitrogens with two attached hydrogens (primary N) is 1. The van der Waals surface area contributed by atoms with Crippen LogP contribution in [0.5, 0.6) is 5.75 Å². The molecule has 0 aliphatic rings. The van der Waals surface area contributed by atoms with Crippen LogP contribution in [-0.2, 0) is 19.5 Å². The van der Waals surface area contributed by atoms with Crippen molar-refractivity contribution in [2.75, 3.05) is 30.8 Å². The number of aromatic nitrogens is 4. The lowest BCUT2D eigenvalue weighted by molar-refractivity contribution is 0.414. The van der Waals surface area contributed by atoms with Crippen LogP contribution in [0.3, 0.4) is 0 Å². The number of imidazole rings is 1. The minimum Gasteiger partial charge on any atom is -0.497 e. The second kappa shape index (κ2) is 9.90. The predicted octanol–water partition coefficient (Wildman–Crippen LogP) is 3.06. The predicted molar refractivity (Wildman–Crippen MR) is 123 cm³/mol. The number of nitrogens with one attached hydrogen (secondary N) is 2. The zero-order valence-electron chi connectivity index (χ0n) is 17.6. The Hall–Kier alpha value is -3.65. The monoisotopic (exact) mass is 417 g/mol. The van der Waals surface area contributed by atoms with Gasteiger partial charge >= 0.3 is 0 Å². The van der Waals surface area contributed by atoms with Crippen LogP contribution in [0.4, 0.5) is 11.8 Å². The summed E-state index contributed by atoms with van der Waals surface area (Å²) < 4.78 is 7.18. The molecule has 0 radical (unpaired) electrons. The summed E-state index contributed by atoms with van der Waals surface area (Å²) in [7, 11) is 1.66. The van der Waals surface area contributed by atoms with Crippen LogP contribution >= 0.6 is 0 Å². The van der Waals surface area contributed by atoms with Crippen molar-refractivity contribution < 1.29 is 4.74 Å². The Morgan fingerprint density at radius 3 is 2.52 bits per heavy atom. The molecule has 2 aromatic heterocycles. The van der Waals surface area contributed by atoms with Gasteiger partial charge in [-0.2, -0.15) is 9.97 Å². The number of anilines is 2. The van der Waals surface area contributed by atoms with Crippen LogP contribution in [-0.4, -0.2) is 39.7 Å². The Morgan fingerprint density at radius 1 is 0.968 bits per heavy atom. The van der Waals surface area contributed by atoms with Crippen molar-refractivity contribution in [3.63, 3.8) is 0 Å². The Labute approximate surface area is 181 Å². The van der Waals surface area contributed by atoms with Gasteiger partial charge in [-0.1, -0.05) is 42.5 Å². The van der Waals surface area contributed by atoms with Gasteiger partial charge in [0.25, 0.3) is 0 Å². The Morgan fingerprint density at radius 2 is 1.77 bits per heavy atom. The minimum absolute atomic E-state index is 0.515. The highest BCUT2D eigenvalue weighted by atomic mass is 16.5. The minimum atomic E-state index is 0.515.